The first kappa shape index (κ1) is 39.8. The molecule has 0 bridgehead atoms. The van der Waals surface area contributed by atoms with Crippen LogP contribution in [-0.4, -0.2) is 12.8 Å². The zero-order valence-corrected chi connectivity index (χ0v) is 38.6. The van der Waals surface area contributed by atoms with Gasteiger partial charge in [-0.1, -0.05) is 165 Å². The molecular formula is C57H59BN2S. The summed E-state index contributed by atoms with van der Waals surface area (Å²) >= 11 is 2.04. The van der Waals surface area contributed by atoms with Crippen molar-refractivity contribution in [1.82, 2.24) is 0 Å². The summed E-state index contributed by atoms with van der Waals surface area (Å²) in [6, 6.07) is 40.2. The fourth-order valence-electron chi connectivity index (χ4n) is 10.3. The van der Waals surface area contributed by atoms with E-state index in [1.54, 1.807) is 0 Å². The molecule has 0 saturated carbocycles. The van der Waals surface area contributed by atoms with Gasteiger partial charge in [-0.05, 0) is 128 Å². The molecule has 0 amide bonds. The van der Waals surface area contributed by atoms with E-state index in [1.807, 2.05) is 11.3 Å². The van der Waals surface area contributed by atoms with Crippen molar-refractivity contribution >= 4 is 68.3 Å². The molecule has 0 N–H and O–H groups in total. The molecule has 0 radical (unpaired) electrons. The van der Waals surface area contributed by atoms with Crippen molar-refractivity contribution in [3.63, 3.8) is 0 Å². The molecular weight excluding hydrogens is 756 g/mol. The van der Waals surface area contributed by atoms with Crippen LogP contribution in [-0.2, 0) is 17.3 Å². The number of hydrogen-bond donors (Lipinski definition) is 0. The van der Waals surface area contributed by atoms with Crippen molar-refractivity contribution < 1.29 is 0 Å². The van der Waals surface area contributed by atoms with Crippen molar-refractivity contribution in [1.29, 1.82) is 0 Å². The Morgan fingerprint density at radius 2 is 1.41 bits per heavy atom. The topological polar surface area (TPSA) is 6.48 Å². The van der Waals surface area contributed by atoms with Gasteiger partial charge < -0.3 is 9.80 Å². The van der Waals surface area contributed by atoms with Crippen molar-refractivity contribution in [3.8, 4) is 21.6 Å². The number of aryl methyl sites for hydroxylation is 2. The fourth-order valence-corrected chi connectivity index (χ4v) is 11.8. The molecule has 61 heavy (non-hydrogen) atoms. The monoisotopic (exact) mass is 814 g/mol. The molecule has 0 spiro atoms. The fraction of sp³-hybridized carbons (Fsp3) is 0.298. The zero-order valence-electron chi connectivity index (χ0n) is 37.8. The Labute approximate surface area is 369 Å². The summed E-state index contributed by atoms with van der Waals surface area (Å²) in [6.07, 6.45) is 15.3. The van der Waals surface area contributed by atoms with Gasteiger partial charge in [-0.15, -0.1) is 11.3 Å². The summed E-state index contributed by atoms with van der Waals surface area (Å²) in [7, 11) is 0. The summed E-state index contributed by atoms with van der Waals surface area (Å²) in [4.78, 5) is 6.73. The van der Waals surface area contributed by atoms with Gasteiger partial charge in [-0.3, -0.25) is 0 Å². The molecule has 4 aliphatic rings. The third-order valence-corrected chi connectivity index (χ3v) is 14.8. The first-order valence-electron chi connectivity index (χ1n) is 22.5. The Balaban J connectivity index is 1.32. The average molecular weight is 815 g/mol. The lowest BCUT2D eigenvalue weighted by molar-refractivity contribution is 0.510. The predicted octanol–water partition coefficient (Wildman–Crippen LogP) is 14.0. The van der Waals surface area contributed by atoms with Crippen LogP contribution in [0, 0.1) is 12.3 Å². The predicted molar refractivity (Wildman–Crippen MR) is 268 cm³/mol. The minimum absolute atomic E-state index is 0.0105. The van der Waals surface area contributed by atoms with Crippen LogP contribution in [0.25, 0.3) is 27.6 Å². The maximum Gasteiger partial charge on any atom is 0.264 e. The molecule has 2 aliphatic heterocycles. The van der Waals surface area contributed by atoms with Crippen molar-refractivity contribution in [2.24, 2.45) is 5.41 Å². The molecule has 0 saturated heterocycles. The quantitative estimate of drug-likeness (QED) is 0.163. The van der Waals surface area contributed by atoms with Crippen LogP contribution in [0.4, 0.5) is 28.4 Å². The number of benzene rings is 5. The van der Waals surface area contributed by atoms with Gasteiger partial charge in [0.15, 0.2) is 0 Å². The van der Waals surface area contributed by atoms with Crippen LogP contribution in [0.15, 0.2) is 133 Å². The molecule has 5 aromatic carbocycles. The van der Waals surface area contributed by atoms with Crippen LogP contribution >= 0.6 is 11.3 Å². The Morgan fingerprint density at radius 3 is 2.10 bits per heavy atom. The lowest BCUT2D eigenvalue weighted by Crippen LogP contribution is -2.62. The number of anilines is 5. The molecule has 6 aromatic rings. The summed E-state index contributed by atoms with van der Waals surface area (Å²) in [6.45, 7) is 23.4. The third-order valence-electron chi connectivity index (χ3n) is 13.6. The highest BCUT2D eigenvalue weighted by Crippen LogP contribution is 2.52. The van der Waals surface area contributed by atoms with Crippen molar-refractivity contribution in [2.45, 2.75) is 105 Å². The highest BCUT2D eigenvalue weighted by atomic mass is 32.1. The summed E-state index contributed by atoms with van der Waals surface area (Å²) in [5.41, 5.74) is 21.6. The van der Waals surface area contributed by atoms with Gasteiger partial charge in [0.2, 0.25) is 0 Å². The molecule has 0 fully saturated rings. The van der Waals surface area contributed by atoms with Gasteiger partial charge in [0, 0.05) is 38.0 Å². The van der Waals surface area contributed by atoms with E-state index in [0.29, 0.717) is 0 Å². The minimum Gasteiger partial charge on any atom is -0.334 e. The zero-order chi connectivity index (χ0) is 42.6. The van der Waals surface area contributed by atoms with E-state index in [9.17, 15) is 0 Å². The number of allylic oxidation sites excluding steroid dienone is 3. The highest BCUT2D eigenvalue weighted by molar-refractivity contribution is 7.31. The van der Waals surface area contributed by atoms with Gasteiger partial charge in [0.25, 0.3) is 6.71 Å². The molecule has 1 atom stereocenters. The van der Waals surface area contributed by atoms with Crippen LogP contribution in [0.3, 0.4) is 0 Å². The summed E-state index contributed by atoms with van der Waals surface area (Å²) < 4.78 is 1.44. The summed E-state index contributed by atoms with van der Waals surface area (Å²) in [5.74, 6) is 0. The Bertz CT molecular complexity index is 2800. The molecule has 3 heterocycles. The molecule has 1 aromatic heterocycles. The van der Waals surface area contributed by atoms with E-state index in [0.717, 1.165) is 19.3 Å². The first-order valence-corrected chi connectivity index (χ1v) is 23.3. The van der Waals surface area contributed by atoms with E-state index in [-0.39, 0.29) is 29.0 Å². The van der Waals surface area contributed by atoms with Crippen molar-refractivity contribution in [2.75, 3.05) is 9.80 Å². The lowest BCUT2D eigenvalue weighted by atomic mass is 9.36. The van der Waals surface area contributed by atoms with Gasteiger partial charge >= 0.3 is 0 Å². The van der Waals surface area contributed by atoms with E-state index in [2.05, 4.69) is 213 Å². The second kappa shape index (κ2) is 14.4. The Kier molecular flexibility index (Phi) is 9.38. The highest BCUT2D eigenvalue weighted by Gasteiger charge is 2.47. The van der Waals surface area contributed by atoms with Crippen LogP contribution in [0.1, 0.15) is 103 Å². The molecule has 10 rings (SSSR count). The third kappa shape index (κ3) is 6.68. The lowest BCUT2D eigenvalue weighted by Gasteiger charge is -2.46. The molecule has 2 nitrogen and oxygen atoms in total. The molecule has 2 aliphatic carbocycles. The number of nitrogens with zero attached hydrogens (tertiary/aromatic N) is 2. The van der Waals surface area contributed by atoms with E-state index < -0.39 is 0 Å². The smallest absolute Gasteiger partial charge is 0.264 e. The van der Waals surface area contributed by atoms with Gasteiger partial charge in [-0.25, -0.2) is 0 Å². The van der Waals surface area contributed by atoms with Crippen LogP contribution in [0.5, 0.6) is 0 Å². The van der Waals surface area contributed by atoms with Gasteiger partial charge in [0.05, 0.1) is 11.7 Å². The van der Waals surface area contributed by atoms with Crippen LogP contribution < -0.4 is 25.5 Å². The minimum atomic E-state index is -0.0105. The van der Waals surface area contributed by atoms with Crippen molar-refractivity contribution in [3.05, 3.63) is 161 Å². The van der Waals surface area contributed by atoms with Gasteiger partial charge in [0.1, 0.15) is 0 Å². The number of rotatable bonds is 4. The number of hydrogen-bond acceptors (Lipinski definition) is 3. The Hall–Kier alpha value is -5.32. The second-order valence-corrected chi connectivity index (χ2v) is 22.0. The summed E-state index contributed by atoms with van der Waals surface area (Å²) in [5, 5.41) is 0. The van der Waals surface area contributed by atoms with Crippen LogP contribution in [0.2, 0.25) is 0 Å². The maximum atomic E-state index is 2.77. The van der Waals surface area contributed by atoms with E-state index >= 15 is 0 Å². The van der Waals surface area contributed by atoms with Gasteiger partial charge in [-0.2, -0.15) is 0 Å². The van der Waals surface area contributed by atoms with E-state index in [4.69, 9.17) is 0 Å². The molecule has 4 heteroatoms. The number of thiophene rings is 1. The largest absolute Gasteiger partial charge is 0.334 e. The second-order valence-electron chi connectivity index (χ2n) is 21.0. The average Bonchev–Trinajstić information content (AvgIpc) is 3.62. The molecule has 1 unspecified atom stereocenters. The SMILES string of the molecule is Cc1cc2c3c(c1)N(C1C=CC(C(C)(C)C)=CC1)c1c(sc(-c4cccc5c4C=CCC5)c1-c1ccccc1)B3c1cc(C(C)(C)C)ccc1N2c1ccc(C(C)(C)C)cc1. The maximum absolute atomic E-state index is 2.77. The number of fused-ring (bicyclic) bond motifs is 5. The standard InChI is InChI=1S/C57H59BN2S/c1-36-33-48-51-49(34-36)60(43-30-25-40(26-31-43)56(5,6)7)52-50(38-18-12-11-13-19-38)53(45-22-16-20-37-17-14-15-21-44(37)45)61-54(52)58(51)46-35-41(57(8,9)10)27-32-47(46)59(48)42-28-23-39(24-29-42)55(2,3)4/h11-13,15-16,18-30,32-35,43H,14,17,31H2,1-10H3. The first-order chi connectivity index (χ1) is 29.1. The molecule has 306 valence electrons. The normalized spacial score (nSPS) is 16.9. The van der Waals surface area contributed by atoms with E-state index in [1.165, 1.54) is 99.1 Å². The Morgan fingerprint density at radius 1 is 0.689 bits per heavy atom.